The molecule has 3 heterocycles. The maximum Gasteiger partial charge on any atom is 0.314 e. The molecule has 0 fully saturated rings. The summed E-state index contributed by atoms with van der Waals surface area (Å²) in [7, 11) is 0. The monoisotopic (exact) mass is 554 g/mol. The second-order valence-corrected chi connectivity index (χ2v) is 9.74. The van der Waals surface area contributed by atoms with Gasteiger partial charge in [-0.2, -0.15) is 0 Å². The Hall–Kier alpha value is -4.24. The van der Waals surface area contributed by atoms with E-state index in [9.17, 15) is 9.90 Å². The van der Waals surface area contributed by atoms with Gasteiger partial charge in [-0.1, -0.05) is 71.7 Å². The number of aromatic hydroxyl groups is 1. The van der Waals surface area contributed by atoms with Crippen molar-refractivity contribution < 1.29 is 9.90 Å². The third kappa shape index (κ3) is 3.92. The molecule has 1 amide bonds. The molecular formula is C28H23BrN6O2. The third-order valence-electron chi connectivity index (χ3n) is 6.45. The second-order valence-electron chi connectivity index (χ2n) is 8.82. The summed E-state index contributed by atoms with van der Waals surface area (Å²) < 4.78 is 4.85. The van der Waals surface area contributed by atoms with E-state index in [-0.39, 0.29) is 11.6 Å². The number of unbranched alkanes of at least 4 members (excludes halogenated alkanes) is 1. The van der Waals surface area contributed by atoms with Crippen molar-refractivity contribution in [2.75, 3.05) is 0 Å². The molecule has 0 atom stereocenters. The first kappa shape index (κ1) is 23.2. The standard InChI is InChI=1S/C28H23BrN6O2/c1-2-3-15-34-21-11-7-8-12-22(21)35-25(23(31-28(34)35)17-9-5-4-6-10-17)27(37)33-32-24-19-16-18(29)13-14-20(19)30-26(24)36/h4-14,16,30,36H,2-3,15H2,1H3. The number of carbonyl (C=O) groups excluding carboxylic acids is 1. The maximum absolute atomic E-state index is 13.8. The smallest absolute Gasteiger partial charge is 0.314 e. The number of carbonyl (C=O) groups is 1. The molecule has 0 aliphatic heterocycles. The molecule has 0 radical (unpaired) electrons. The van der Waals surface area contributed by atoms with Crippen LogP contribution in [0.25, 0.3) is 39.0 Å². The van der Waals surface area contributed by atoms with Crippen LogP contribution >= 0.6 is 15.9 Å². The lowest BCUT2D eigenvalue weighted by Crippen LogP contribution is -2.02. The number of aryl methyl sites for hydroxylation is 1. The number of hydrogen-bond donors (Lipinski definition) is 2. The number of fused-ring (bicyclic) bond motifs is 4. The van der Waals surface area contributed by atoms with Crippen molar-refractivity contribution in [1.29, 1.82) is 0 Å². The van der Waals surface area contributed by atoms with Crippen LogP contribution in [0.15, 0.2) is 87.5 Å². The van der Waals surface area contributed by atoms with Crippen LogP contribution in [0.4, 0.5) is 5.69 Å². The van der Waals surface area contributed by atoms with E-state index < -0.39 is 5.91 Å². The van der Waals surface area contributed by atoms with Gasteiger partial charge in [0.1, 0.15) is 11.4 Å². The molecule has 3 aromatic carbocycles. The van der Waals surface area contributed by atoms with Gasteiger partial charge in [0.15, 0.2) is 5.69 Å². The van der Waals surface area contributed by atoms with Crippen molar-refractivity contribution in [1.82, 2.24) is 18.9 Å². The van der Waals surface area contributed by atoms with E-state index in [0.717, 1.165) is 40.5 Å². The Morgan fingerprint density at radius 3 is 2.59 bits per heavy atom. The van der Waals surface area contributed by atoms with Gasteiger partial charge in [-0.25, -0.2) is 4.98 Å². The average molecular weight is 555 g/mol. The Kier molecular flexibility index (Phi) is 5.84. The quantitative estimate of drug-likeness (QED) is 0.207. The van der Waals surface area contributed by atoms with Gasteiger partial charge >= 0.3 is 5.91 Å². The molecule has 0 spiro atoms. The summed E-state index contributed by atoms with van der Waals surface area (Å²) in [4.78, 5) is 21.6. The van der Waals surface area contributed by atoms with Crippen LogP contribution in [0, 0.1) is 0 Å². The van der Waals surface area contributed by atoms with Crippen LogP contribution in [0.3, 0.4) is 0 Å². The number of amides is 1. The van der Waals surface area contributed by atoms with E-state index in [0.29, 0.717) is 28.1 Å². The Morgan fingerprint density at radius 2 is 1.81 bits per heavy atom. The molecule has 37 heavy (non-hydrogen) atoms. The van der Waals surface area contributed by atoms with E-state index >= 15 is 0 Å². The second kappa shape index (κ2) is 9.33. The van der Waals surface area contributed by atoms with Gasteiger partial charge < -0.3 is 14.7 Å². The number of halogens is 1. The fraction of sp³-hybridized carbons (Fsp3) is 0.143. The summed E-state index contributed by atoms with van der Waals surface area (Å²) in [5, 5.41) is 19.4. The van der Waals surface area contributed by atoms with Gasteiger partial charge in [-0.15, -0.1) is 10.2 Å². The van der Waals surface area contributed by atoms with E-state index in [1.807, 2.05) is 77.2 Å². The Balaban J connectivity index is 1.56. The lowest BCUT2D eigenvalue weighted by molar-refractivity contribution is 0.0990. The number of aromatic amines is 1. The number of H-pyrrole nitrogens is 1. The van der Waals surface area contributed by atoms with Crippen LogP contribution in [0.1, 0.15) is 30.3 Å². The van der Waals surface area contributed by atoms with Crippen LogP contribution in [0.5, 0.6) is 5.88 Å². The molecule has 0 saturated carbocycles. The van der Waals surface area contributed by atoms with Crippen molar-refractivity contribution >= 4 is 55.2 Å². The van der Waals surface area contributed by atoms with Gasteiger partial charge in [-0.3, -0.25) is 9.20 Å². The largest absolute Gasteiger partial charge is 0.493 e. The zero-order valence-electron chi connectivity index (χ0n) is 20.0. The Labute approximate surface area is 220 Å². The van der Waals surface area contributed by atoms with Crippen LogP contribution in [-0.4, -0.2) is 29.9 Å². The number of azo groups is 1. The topological polar surface area (TPSA) is 100 Å². The van der Waals surface area contributed by atoms with E-state index in [4.69, 9.17) is 4.98 Å². The van der Waals surface area contributed by atoms with Crippen LogP contribution in [-0.2, 0) is 6.54 Å². The number of nitrogens with one attached hydrogen (secondary N) is 1. The van der Waals surface area contributed by atoms with Gasteiger partial charge in [0, 0.05) is 22.0 Å². The molecule has 2 N–H and O–H groups in total. The van der Waals surface area contributed by atoms with Crippen molar-refractivity contribution in [2.45, 2.75) is 26.3 Å². The highest BCUT2D eigenvalue weighted by Gasteiger charge is 2.26. The molecule has 9 heteroatoms. The molecule has 6 aromatic rings. The zero-order chi connectivity index (χ0) is 25.5. The van der Waals surface area contributed by atoms with Crippen molar-refractivity contribution in [2.24, 2.45) is 10.2 Å². The number of para-hydroxylation sites is 2. The summed E-state index contributed by atoms with van der Waals surface area (Å²) in [6.45, 7) is 2.93. The van der Waals surface area contributed by atoms with Crippen molar-refractivity contribution in [3.8, 4) is 17.1 Å². The van der Waals surface area contributed by atoms with E-state index in [1.165, 1.54) is 0 Å². The van der Waals surface area contributed by atoms with Crippen molar-refractivity contribution in [3.05, 3.63) is 83.0 Å². The third-order valence-corrected chi connectivity index (χ3v) is 6.95. The predicted octanol–water partition coefficient (Wildman–Crippen LogP) is 7.63. The zero-order valence-corrected chi connectivity index (χ0v) is 21.6. The number of hydrogen-bond acceptors (Lipinski definition) is 4. The Bertz CT molecular complexity index is 1810. The van der Waals surface area contributed by atoms with Crippen molar-refractivity contribution in [3.63, 3.8) is 0 Å². The fourth-order valence-electron chi connectivity index (χ4n) is 4.72. The minimum absolute atomic E-state index is 0.150. The average Bonchev–Trinajstić information content (AvgIpc) is 3.55. The van der Waals surface area contributed by atoms with E-state index in [1.54, 1.807) is 0 Å². The van der Waals surface area contributed by atoms with Gasteiger partial charge in [-0.05, 0) is 36.8 Å². The normalized spacial score (nSPS) is 11.9. The number of aromatic nitrogens is 4. The molecule has 0 aliphatic carbocycles. The molecule has 184 valence electrons. The summed E-state index contributed by atoms with van der Waals surface area (Å²) in [6.07, 6.45) is 2.02. The highest BCUT2D eigenvalue weighted by molar-refractivity contribution is 9.10. The summed E-state index contributed by atoms with van der Waals surface area (Å²) >= 11 is 3.44. The molecule has 0 bridgehead atoms. The Morgan fingerprint density at radius 1 is 1.05 bits per heavy atom. The molecular weight excluding hydrogens is 532 g/mol. The van der Waals surface area contributed by atoms with Gasteiger partial charge in [0.05, 0.1) is 16.6 Å². The van der Waals surface area contributed by atoms with Crippen LogP contribution < -0.4 is 0 Å². The van der Waals surface area contributed by atoms with Gasteiger partial charge in [0.25, 0.3) is 0 Å². The number of imidazole rings is 2. The first-order valence-corrected chi connectivity index (χ1v) is 12.9. The number of benzene rings is 3. The van der Waals surface area contributed by atoms with Gasteiger partial charge in [0.2, 0.25) is 11.7 Å². The summed E-state index contributed by atoms with van der Waals surface area (Å²) in [5.41, 5.74) is 4.46. The summed E-state index contributed by atoms with van der Waals surface area (Å²) in [5.74, 6) is -0.0121. The maximum atomic E-state index is 13.8. The lowest BCUT2D eigenvalue weighted by atomic mass is 10.1. The van der Waals surface area contributed by atoms with Crippen LogP contribution in [0.2, 0.25) is 0 Å². The van der Waals surface area contributed by atoms with E-state index in [2.05, 4.69) is 42.6 Å². The predicted molar refractivity (Wildman–Crippen MR) is 148 cm³/mol. The lowest BCUT2D eigenvalue weighted by Gasteiger charge is -2.04. The first-order valence-electron chi connectivity index (χ1n) is 12.1. The number of rotatable bonds is 6. The summed E-state index contributed by atoms with van der Waals surface area (Å²) in [6, 6.07) is 23.1. The highest BCUT2D eigenvalue weighted by Crippen LogP contribution is 2.37. The molecule has 0 unspecified atom stereocenters. The fourth-order valence-corrected chi connectivity index (χ4v) is 5.08. The molecule has 8 nitrogen and oxygen atoms in total. The minimum atomic E-state index is -0.548. The number of nitrogens with zero attached hydrogens (tertiary/aromatic N) is 5. The molecule has 6 rings (SSSR count). The minimum Gasteiger partial charge on any atom is -0.493 e. The first-order chi connectivity index (χ1) is 18.1. The molecule has 0 saturated heterocycles. The SMILES string of the molecule is CCCCn1c2ccccc2n2c(C(=O)N=Nc3c(O)[nH]c4ccc(Br)cc34)c(-c3ccccc3)nc12. The highest BCUT2D eigenvalue weighted by atomic mass is 79.9. The molecule has 0 aliphatic rings. The molecule has 3 aromatic heterocycles.